The third-order valence-electron chi connectivity index (χ3n) is 5.23. The standard InChI is InChI=1S/C24H16FNO5/c25-14-7-5-13(6-8-14)11-26-12-17(16-3-1-2-4-18(16)26)24-23(30)22(29)21-19(28)9-15(27)10-20(21)31-24/h1-10,12,27-28,30H,11H2. The number of aromatic nitrogens is 1. The SMILES string of the molecule is O=c1c(O)c(-c2cn(Cc3ccc(F)cc3)c3ccccc23)oc2cc(O)cc(O)c12. The van der Waals surface area contributed by atoms with Crippen LogP contribution in [0.2, 0.25) is 0 Å². The molecule has 0 aliphatic carbocycles. The molecular weight excluding hydrogens is 401 g/mol. The van der Waals surface area contributed by atoms with Crippen molar-refractivity contribution in [2.45, 2.75) is 6.54 Å². The van der Waals surface area contributed by atoms with Gasteiger partial charge in [-0.3, -0.25) is 4.79 Å². The Morgan fingerprint density at radius 3 is 2.48 bits per heavy atom. The quantitative estimate of drug-likeness (QED) is 0.395. The molecule has 0 atom stereocenters. The normalized spacial score (nSPS) is 11.4. The molecule has 0 saturated heterocycles. The van der Waals surface area contributed by atoms with E-state index in [1.807, 2.05) is 28.8 Å². The van der Waals surface area contributed by atoms with Gasteiger partial charge in [0.15, 0.2) is 5.76 Å². The molecule has 0 saturated carbocycles. The lowest BCUT2D eigenvalue weighted by Gasteiger charge is -2.07. The molecule has 5 aromatic rings. The second-order valence-electron chi connectivity index (χ2n) is 7.26. The lowest BCUT2D eigenvalue weighted by atomic mass is 10.1. The van der Waals surface area contributed by atoms with Crippen LogP contribution in [0.25, 0.3) is 33.2 Å². The number of hydrogen-bond donors (Lipinski definition) is 3. The monoisotopic (exact) mass is 417 g/mol. The second-order valence-corrected chi connectivity index (χ2v) is 7.26. The highest BCUT2D eigenvalue weighted by atomic mass is 19.1. The highest BCUT2D eigenvalue weighted by Gasteiger charge is 2.22. The van der Waals surface area contributed by atoms with Crippen LogP contribution in [0.15, 0.2) is 76.1 Å². The van der Waals surface area contributed by atoms with Gasteiger partial charge in [0, 0.05) is 41.3 Å². The minimum Gasteiger partial charge on any atom is -0.508 e. The largest absolute Gasteiger partial charge is 0.508 e. The van der Waals surface area contributed by atoms with Crippen molar-refractivity contribution in [3.63, 3.8) is 0 Å². The number of para-hydroxylation sites is 1. The first kappa shape index (κ1) is 18.7. The summed E-state index contributed by atoms with van der Waals surface area (Å²) in [6, 6.07) is 15.7. The van der Waals surface area contributed by atoms with Crippen molar-refractivity contribution in [2.24, 2.45) is 0 Å². The number of phenols is 2. The maximum Gasteiger partial charge on any atom is 0.238 e. The first-order valence-electron chi connectivity index (χ1n) is 9.47. The van der Waals surface area contributed by atoms with Crippen molar-refractivity contribution in [1.29, 1.82) is 0 Å². The van der Waals surface area contributed by atoms with Crippen molar-refractivity contribution < 1.29 is 24.1 Å². The van der Waals surface area contributed by atoms with Gasteiger partial charge in [-0.25, -0.2) is 4.39 Å². The summed E-state index contributed by atoms with van der Waals surface area (Å²) in [6.45, 7) is 0.431. The molecule has 0 unspecified atom stereocenters. The maximum atomic E-state index is 13.3. The third-order valence-corrected chi connectivity index (χ3v) is 5.23. The molecule has 154 valence electrons. The van der Waals surface area contributed by atoms with Crippen molar-refractivity contribution in [3.05, 3.63) is 88.5 Å². The molecule has 2 aromatic heterocycles. The molecule has 0 aliphatic heterocycles. The number of fused-ring (bicyclic) bond motifs is 2. The molecule has 3 aromatic carbocycles. The van der Waals surface area contributed by atoms with Crippen LogP contribution in [-0.2, 0) is 6.54 Å². The van der Waals surface area contributed by atoms with Gasteiger partial charge in [0.1, 0.15) is 28.3 Å². The lowest BCUT2D eigenvalue weighted by Crippen LogP contribution is -2.03. The summed E-state index contributed by atoms with van der Waals surface area (Å²) in [5.74, 6) is -1.79. The molecule has 0 amide bonds. The predicted molar refractivity (Wildman–Crippen MR) is 114 cm³/mol. The van der Waals surface area contributed by atoms with Crippen LogP contribution in [0.3, 0.4) is 0 Å². The van der Waals surface area contributed by atoms with Crippen LogP contribution in [0.5, 0.6) is 17.2 Å². The Balaban J connectivity index is 1.74. The predicted octanol–water partition coefficient (Wildman–Crippen LogP) is 4.72. The van der Waals surface area contributed by atoms with Crippen LogP contribution in [-0.4, -0.2) is 19.9 Å². The molecule has 0 bridgehead atoms. The second kappa shape index (κ2) is 6.91. The molecule has 5 rings (SSSR count). The first-order valence-corrected chi connectivity index (χ1v) is 9.47. The fourth-order valence-electron chi connectivity index (χ4n) is 3.80. The van der Waals surface area contributed by atoms with Gasteiger partial charge in [0.25, 0.3) is 0 Å². The van der Waals surface area contributed by atoms with E-state index in [0.717, 1.165) is 22.5 Å². The number of benzene rings is 3. The van der Waals surface area contributed by atoms with E-state index in [-0.39, 0.29) is 28.3 Å². The van der Waals surface area contributed by atoms with E-state index in [1.54, 1.807) is 18.3 Å². The fraction of sp³-hybridized carbons (Fsp3) is 0.0417. The molecule has 31 heavy (non-hydrogen) atoms. The number of aromatic hydroxyl groups is 3. The van der Waals surface area contributed by atoms with E-state index in [4.69, 9.17) is 4.42 Å². The van der Waals surface area contributed by atoms with Gasteiger partial charge in [0.05, 0.1) is 0 Å². The molecule has 0 radical (unpaired) electrons. The summed E-state index contributed by atoms with van der Waals surface area (Å²) < 4.78 is 20.9. The smallest absolute Gasteiger partial charge is 0.238 e. The average Bonchev–Trinajstić information content (AvgIpc) is 3.10. The molecule has 7 heteroatoms. The Morgan fingerprint density at radius 2 is 1.71 bits per heavy atom. The van der Waals surface area contributed by atoms with Crippen molar-refractivity contribution in [2.75, 3.05) is 0 Å². The Labute approximate surface area is 174 Å². The number of nitrogens with zero attached hydrogens (tertiary/aromatic N) is 1. The van der Waals surface area contributed by atoms with Crippen LogP contribution in [0.4, 0.5) is 4.39 Å². The summed E-state index contributed by atoms with van der Waals surface area (Å²) in [7, 11) is 0. The van der Waals surface area contributed by atoms with Gasteiger partial charge >= 0.3 is 0 Å². The Bertz CT molecular complexity index is 1520. The number of hydrogen-bond acceptors (Lipinski definition) is 5. The van der Waals surface area contributed by atoms with E-state index >= 15 is 0 Å². The lowest BCUT2D eigenvalue weighted by molar-refractivity contribution is 0.438. The zero-order valence-electron chi connectivity index (χ0n) is 16.0. The van der Waals surface area contributed by atoms with Crippen molar-refractivity contribution >= 4 is 21.9 Å². The van der Waals surface area contributed by atoms with E-state index < -0.39 is 16.9 Å². The van der Waals surface area contributed by atoms with E-state index in [9.17, 15) is 24.5 Å². The van der Waals surface area contributed by atoms with Crippen LogP contribution >= 0.6 is 0 Å². The summed E-state index contributed by atoms with van der Waals surface area (Å²) in [5, 5.41) is 30.9. The molecular formula is C24H16FNO5. The van der Waals surface area contributed by atoms with Gasteiger partial charge in [-0.1, -0.05) is 30.3 Å². The third kappa shape index (κ3) is 3.07. The summed E-state index contributed by atoms with van der Waals surface area (Å²) in [4.78, 5) is 12.7. The minimum atomic E-state index is -0.802. The molecule has 0 aliphatic rings. The van der Waals surface area contributed by atoms with E-state index in [0.29, 0.717) is 12.1 Å². The van der Waals surface area contributed by atoms with Crippen LogP contribution in [0, 0.1) is 5.82 Å². The zero-order chi connectivity index (χ0) is 21.7. The Morgan fingerprint density at radius 1 is 0.968 bits per heavy atom. The minimum absolute atomic E-state index is 0.0503. The van der Waals surface area contributed by atoms with E-state index in [1.165, 1.54) is 18.2 Å². The summed E-state index contributed by atoms with van der Waals surface area (Å²) >= 11 is 0. The van der Waals surface area contributed by atoms with Gasteiger partial charge in [-0.05, 0) is 23.8 Å². The van der Waals surface area contributed by atoms with E-state index in [2.05, 4.69) is 0 Å². The van der Waals surface area contributed by atoms with Crippen molar-refractivity contribution in [3.8, 4) is 28.6 Å². The highest BCUT2D eigenvalue weighted by Crippen LogP contribution is 2.38. The Kier molecular flexibility index (Phi) is 4.18. The Hall–Kier alpha value is -4.26. The highest BCUT2D eigenvalue weighted by molar-refractivity contribution is 5.97. The molecule has 3 N–H and O–H groups in total. The molecule has 0 spiro atoms. The van der Waals surface area contributed by atoms with Gasteiger partial charge < -0.3 is 24.3 Å². The van der Waals surface area contributed by atoms with Gasteiger partial charge in [-0.15, -0.1) is 0 Å². The maximum absolute atomic E-state index is 13.3. The van der Waals surface area contributed by atoms with Gasteiger partial charge in [-0.2, -0.15) is 0 Å². The van der Waals surface area contributed by atoms with Crippen LogP contribution in [0.1, 0.15) is 5.56 Å². The topological polar surface area (TPSA) is 95.8 Å². The number of rotatable bonds is 3. The fourth-order valence-corrected chi connectivity index (χ4v) is 3.80. The summed E-state index contributed by atoms with van der Waals surface area (Å²) in [6.07, 6.45) is 1.74. The summed E-state index contributed by atoms with van der Waals surface area (Å²) in [5.41, 5.74) is 1.31. The number of phenolic OH excluding ortho intramolecular Hbond substituents is 2. The van der Waals surface area contributed by atoms with Crippen molar-refractivity contribution in [1.82, 2.24) is 4.57 Å². The molecule has 2 heterocycles. The molecule has 6 nitrogen and oxygen atoms in total. The first-order chi connectivity index (χ1) is 14.9. The zero-order valence-corrected chi connectivity index (χ0v) is 16.0. The van der Waals surface area contributed by atoms with Crippen LogP contribution < -0.4 is 5.43 Å². The van der Waals surface area contributed by atoms with Gasteiger partial charge in [0.2, 0.25) is 11.2 Å². The average molecular weight is 417 g/mol. The number of halogens is 1. The molecule has 0 fully saturated rings.